The van der Waals surface area contributed by atoms with E-state index in [1.165, 1.54) is 0 Å². The molecule has 20 heavy (non-hydrogen) atoms. The first-order valence-corrected chi connectivity index (χ1v) is 7.19. The highest BCUT2D eigenvalue weighted by Gasteiger charge is 2.26. The molecule has 0 aromatic carbocycles. The summed E-state index contributed by atoms with van der Waals surface area (Å²) in [7, 11) is 0. The van der Waals surface area contributed by atoms with Crippen molar-refractivity contribution in [3.8, 4) is 0 Å². The van der Waals surface area contributed by atoms with Crippen LogP contribution in [0.1, 0.15) is 33.7 Å². The van der Waals surface area contributed by atoms with Gasteiger partial charge in [0.25, 0.3) is 0 Å². The number of carbonyl (C=O) groups excluding carboxylic acids is 1. The number of ether oxygens (including phenoxy) is 1. The Hall–Kier alpha value is -1.40. The maximum atomic E-state index is 12.4. The molecule has 2 atom stereocenters. The zero-order valence-corrected chi connectivity index (χ0v) is 12.7. The fraction of sp³-hybridized carbons (Fsp3) is 0.714. The fourth-order valence-electron chi connectivity index (χ4n) is 2.42. The molecule has 1 N–H and O–H groups in total. The summed E-state index contributed by atoms with van der Waals surface area (Å²) in [6.45, 7) is 10.3. The molecule has 2 heterocycles. The SMILES string of the molecule is CC(C)n1nccc1NC(=O)[C@@H](C)N1CCO[C@H](C)C1. The Morgan fingerprint density at radius 1 is 1.50 bits per heavy atom. The minimum atomic E-state index is -0.170. The predicted molar refractivity (Wildman–Crippen MR) is 77.7 cm³/mol. The topological polar surface area (TPSA) is 59.4 Å². The third-order valence-electron chi connectivity index (χ3n) is 3.61. The average Bonchev–Trinajstić information content (AvgIpc) is 2.86. The van der Waals surface area contributed by atoms with Gasteiger partial charge in [-0.3, -0.25) is 9.69 Å². The van der Waals surface area contributed by atoms with Gasteiger partial charge in [0.15, 0.2) is 0 Å². The van der Waals surface area contributed by atoms with Crippen LogP contribution in [-0.2, 0) is 9.53 Å². The van der Waals surface area contributed by atoms with Gasteiger partial charge in [-0.25, -0.2) is 4.68 Å². The van der Waals surface area contributed by atoms with Gasteiger partial charge in [0.05, 0.1) is 24.9 Å². The Kier molecular flexibility index (Phi) is 4.77. The molecule has 1 saturated heterocycles. The molecule has 2 rings (SSSR count). The molecule has 6 nitrogen and oxygen atoms in total. The lowest BCUT2D eigenvalue weighted by Gasteiger charge is -2.34. The Bertz CT molecular complexity index is 458. The lowest BCUT2D eigenvalue weighted by molar-refractivity contribution is -0.123. The molecule has 1 amide bonds. The summed E-state index contributed by atoms with van der Waals surface area (Å²) in [6, 6.07) is 1.88. The molecule has 6 heteroatoms. The zero-order valence-electron chi connectivity index (χ0n) is 12.7. The van der Waals surface area contributed by atoms with E-state index >= 15 is 0 Å². The van der Waals surface area contributed by atoms with Gasteiger partial charge < -0.3 is 10.1 Å². The van der Waals surface area contributed by atoms with Crippen molar-refractivity contribution in [2.24, 2.45) is 0 Å². The highest BCUT2D eigenvalue weighted by Crippen LogP contribution is 2.15. The quantitative estimate of drug-likeness (QED) is 0.908. The number of nitrogens with zero attached hydrogens (tertiary/aromatic N) is 3. The molecule has 112 valence electrons. The molecule has 1 fully saturated rings. The second kappa shape index (κ2) is 6.37. The first-order valence-electron chi connectivity index (χ1n) is 7.19. The number of morpholine rings is 1. The van der Waals surface area contributed by atoms with Gasteiger partial charge in [0.1, 0.15) is 5.82 Å². The summed E-state index contributed by atoms with van der Waals surface area (Å²) in [6.07, 6.45) is 1.89. The Morgan fingerprint density at radius 2 is 2.25 bits per heavy atom. The smallest absolute Gasteiger partial charge is 0.242 e. The molecule has 0 radical (unpaired) electrons. The molecular weight excluding hydrogens is 256 g/mol. The van der Waals surface area contributed by atoms with Crippen molar-refractivity contribution in [2.75, 3.05) is 25.0 Å². The van der Waals surface area contributed by atoms with E-state index in [2.05, 4.69) is 15.3 Å². The first kappa shape index (κ1) is 15.0. The van der Waals surface area contributed by atoms with Gasteiger partial charge in [-0.15, -0.1) is 0 Å². The standard InChI is InChI=1S/C14H24N4O2/c1-10(2)18-13(5-6-15-18)16-14(19)12(4)17-7-8-20-11(3)9-17/h5-6,10-12H,7-9H2,1-4H3,(H,16,19)/t11-,12-/m1/s1. The van der Waals surface area contributed by atoms with Crippen LogP contribution in [0, 0.1) is 0 Å². The van der Waals surface area contributed by atoms with E-state index in [1.807, 2.05) is 38.4 Å². The predicted octanol–water partition coefficient (Wildman–Crippen LogP) is 1.51. The molecule has 0 bridgehead atoms. The van der Waals surface area contributed by atoms with Gasteiger partial charge in [-0.2, -0.15) is 5.10 Å². The van der Waals surface area contributed by atoms with Gasteiger partial charge in [-0.1, -0.05) is 0 Å². The molecule has 0 unspecified atom stereocenters. The van der Waals surface area contributed by atoms with Crippen molar-refractivity contribution in [2.45, 2.75) is 45.9 Å². The van der Waals surface area contributed by atoms with Crippen LogP contribution in [0.3, 0.4) is 0 Å². The van der Waals surface area contributed by atoms with Crippen molar-refractivity contribution in [3.05, 3.63) is 12.3 Å². The average molecular weight is 280 g/mol. The minimum Gasteiger partial charge on any atom is -0.376 e. The number of hydrogen-bond donors (Lipinski definition) is 1. The van der Waals surface area contributed by atoms with Crippen LogP contribution in [-0.4, -0.2) is 52.4 Å². The second-order valence-corrected chi connectivity index (χ2v) is 5.60. The van der Waals surface area contributed by atoms with E-state index in [0.29, 0.717) is 6.61 Å². The second-order valence-electron chi connectivity index (χ2n) is 5.60. The highest BCUT2D eigenvalue weighted by molar-refractivity contribution is 5.93. The van der Waals surface area contributed by atoms with Crippen LogP contribution in [0.5, 0.6) is 0 Å². The molecule has 1 aliphatic heterocycles. The molecule has 1 aromatic heterocycles. The van der Waals surface area contributed by atoms with Crippen molar-refractivity contribution >= 4 is 11.7 Å². The molecular formula is C14H24N4O2. The van der Waals surface area contributed by atoms with Gasteiger partial charge in [0.2, 0.25) is 5.91 Å². The normalized spacial score (nSPS) is 21.9. The molecule has 0 spiro atoms. The number of aromatic nitrogens is 2. The van der Waals surface area contributed by atoms with Crippen LogP contribution < -0.4 is 5.32 Å². The zero-order chi connectivity index (χ0) is 14.7. The molecule has 0 saturated carbocycles. The maximum Gasteiger partial charge on any atom is 0.242 e. The Labute approximate surface area is 120 Å². The van der Waals surface area contributed by atoms with Crippen LogP contribution in [0.4, 0.5) is 5.82 Å². The number of carbonyl (C=O) groups is 1. The summed E-state index contributed by atoms with van der Waals surface area (Å²) in [5, 5.41) is 7.18. The van der Waals surface area contributed by atoms with E-state index in [4.69, 9.17) is 4.74 Å². The lowest BCUT2D eigenvalue weighted by atomic mass is 10.2. The van der Waals surface area contributed by atoms with Crippen LogP contribution in [0.2, 0.25) is 0 Å². The summed E-state index contributed by atoms with van der Waals surface area (Å²) in [5.74, 6) is 0.750. The molecule has 0 aliphatic carbocycles. The maximum absolute atomic E-state index is 12.4. The van der Waals surface area contributed by atoms with Gasteiger partial charge in [0, 0.05) is 25.2 Å². The minimum absolute atomic E-state index is 0.00139. The third kappa shape index (κ3) is 3.37. The summed E-state index contributed by atoms with van der Waals surface area (Å²) in [5.41, 5.74) is 0. The number of nitrogens with one attached hydrogen (secondary N) is 1. The van der Waals surface area contributed by atoms with Crippen LogP contribution in [0.25, 0.3) is 0 Å². The monoisotopic (exact) mass is 280 g/mol. The van der Waals surface area contributed by atoms with E-state index in [9.17, 15) is 4.79 Å². The van der Waals surface area contributed by atoms with Crippen molar-refractivity contribution < 1.29 is 9.53 Å². The Morgan fingerprint density at radius 3 is 2.90 bits per heavy atom. The van der Waals surface area contributed by atoms with Crippen molar-refractivity contribution in [3.63, 3.8) is 0 Å². The van der Waals surface area contributed by atoms with E-state index in [1.54, 1.807) is 6.20 Å². The summed E-state index contributed by atoms with van der Waals surface area (Å²) in [4.78, 5) is 14.5. The van der Waals surface area contributed by atoms with E-state index < -0.39 is 0 Å². The van der Waals surface area contributed by atoms with Crippen LogP contribution in [0.15, 0.2) is 12.3 Å². The number of hydrogen-bond acceptors (Lipinski definition) is 4. The summed E-state index contributed by atoms with van der Waals surface area (Å²) < 4.78 is 7.32. The first-order chi connectivity index (χ1) is 9.49. The number of anilines is 1. The van der Waals surface area contributed by atoms with E-state index in [0.717, 1.165) is 18.9 Å². The highest BCUT2D eigenvalue weighted by atomic mass is 16.5. The lowest BCUT2D eigenvalue weighted by Crippen LogP contribution is -2.50. The van der Waals surface area contributed by atoms with Gasteiger partial charge >= 0.3 is 0 Å². The summed E-state index contributed by atoms with van der Waals surface area (Å²) >= 11 is 0. The largest absolute Gasteiger partial charge is 0.376 e. The molecule has 1 aliphatic rings. The third-order valence-corrected chi connectivity index (χ3v) is 3.61. The Balaban J connectivity index is 1.98. The number of amides is 1. The molecule has 1 aromatic rings. The van der Waals surface area contributed by atoms with E-state index in [-0.39, 0.29) is 24.1 Å². The van der Waals surface area contributed by atoms with Crippen molar-refractivity contribution in [1.29, 1.82) is 0 Å². The van der Waals surface area contributed by atoms with Crippen molar-refractivity contribution in [1.82, 2.24) is 14.7 Å². The number of rotatable bonds is 4. The fourth-order valence-corrected chi connectivity index (χ4v) is 2.42. The van der Waals surface area contributed by atoms with Gasteiger partial charge in [-0.05, 0) is 27.7 Å². The van der Waals surface area contributed by atoms with Crippen LogP contribution >= 0.6 is 0 Å².